The molecule has 3 nitrogen and oxygen atoms in total. The first kappa shape index (κ1) is 11.7. The molecular weight excluding hydrogens is 176 g/mol. The van der Waals surface area contributed by atoms with Crippen LogP contribution in [0.25, 0.3) is 0 Å². The van der Waals surface area contributed by atoms with Crippen LogP contribution in [-0.2, 0) is 4.74 Å². The first-order valence-corrected chi connectivity index (χ1v) is 5.55. The highest BCUT2D eigenvalue weighted by Gasteiger charge is 2.10. The van der Waals surface area contributed by atoms with Crippen LogP contribution < -0.4 is 0 Å². The van der Waals surface area contributed by atoms with Gasteiger partial charge in [0.15, 0.2) is 0 Å². The molecule has 1 aliphatic heterocycles. The van der Waals surface area contributed by atoms with Crippen molar-refractivity contribution in [3.63, 3.8) is 0 Å². The second kappa shape index (κ2) is 6.14. The van der Waals surface area contributed by atoms with Gasteiger partial charge in [-0.05, 0) is 18.8 Å². The van der Waals surface area contributed by atoms with E-state index < -0.39 is 0 Å². The molecule has 1 rings (SSSR count). The lowest BCUT2D eigenvalue weighted by atomic mass is 10.0. The van der Waals surface area contributed by atoms with Gasteiger partial charge in [-0.1, -0.05) is 13.8 Å². The third-order valence-electron chi connectivity index (χ3n) is 2.49. The maximum atomic E-state index is 7.78. The van der Waals surface area contributed by atoms with Crippen LogP contribution in [0.3, 0.4) is 0 Å². The van der Waals surface area contributed by atoms with Crippen LogP contribution in [0.1, 0.15) is 26.7 Å². The Morgan fingerprint density at radius 3 is 2.57 bits per heavy atom. The van der Waals surface area contributed by atoms with Gasteiger partial charge < -0.3 is 10.1 Å². The Morgan fingerprint density at radius 1 is 1.36 bits per heavy atom. The van der Waals surface area contributed by atoms with E-state index >= 15 is 0 Å². The van der Waals surface area contributed by atoms with Gasteiger partial charge in [-0.25, -0.2) is 0 Å². The molecule has 0 aromatic heterocycles. The molecule has 1 aliphatic rings. The molecule has 1 N–H and O–H groups in total. The van der Waals surface area contributed by atoms with Gasteiger partial charge in [0.05, 0.1) is 13.2 Å². The topological polar surface area (TPSA) is 36.3 Å². The fourth-order valence-electron chi connectivity index (χ4n) is 1.71. The van der Waals surface area contributed by atoms with Gasteiger partial charge >= 0.3 is 0 Å². The standard InChI is InChI=1S/C11H22N2O/c1-10(2)9-11(12)3-4-13-5-7-14-8-6-13/h10,12H,3-9H2,1-2H3. The van der Waals surface area contributed by atoms with Gasteiger partial charge in [-0.3, -0.25) is 4.90 Å². The lowest BCUT2D eigenvalue weighted by molar-refractivity contribution is 0.0391. The van der Waals surface area contributed by atoms with E-state index in [0.29, 0.717) is 5.92 Å². The summed E-state index contributed by atoms with van der Waals surface area (Å²) >= 11 is 0. The third-order valence-corrected chi connectivity index (χ3v) is 2.49. The summed E-state index contributed by atoms with van der Waals surface area (Å²) in [6.45, 7) is 9.17. The van der Waals surface area contributed by atoms with Crippen LogP contribution in [0, 0.1) is 11.3 Å². The molecule has 0 saturated carbocycles. The number of hydrogen-bond acceptors (Lipinski definition) is 3. The van der Waals surface area contributed by atoms with E-state index in [1.165, 1.54) is 0 Å². The molecule has 0 spiro atoms. The van der Waals surface area contributed by atoms with Crippen molar-refractivity contribution >= 4 is 5.71 Å². The molecule has 0 radical (unpaired) electrons. The molecule has 0 amide bonds. The zero-order valence-electron chi connectivity index (χ0n) is 9.38. The average molecular weight is 198 g/mol. The van der Waals surface area contributed by atoms with E-state index in [9.17, 15) is 0 Å². The smallest absolute Gasteiger partial charge is 0.0594 e. The van der Waals surface area contributed by atoms with Crippen molar-refractivity contribution in [2.45, 2.75) is 26.7 Å². The maximum Gasteiger partial charge on any atom is 0.0594 e. The SMILES string of the molecule is CC(C)CC(=N)CCN1CCOCC1. The van der Waals surface area contributed by atoms with Crippen molar-refractivity contribution in [1.82, 2.24) is 4.90 Å². The van der Waals surface area contributed by atoms with Crippen LogP contribution >= 0.6 is 0 Å². The van der Waals surface area contributed by atoms with Gasteiger partial charge in [0.25, 0.3) is 0 Å². The number of morpholine rings is 1. The second-order valence-corrected chi connectivity index (χ2v) is 4.41. The van der Waals surface area contributed by atoms with Gasteiger partial charge in [0.1, 0.15) is 0 Å². The minimum Gasteiger partial charge on any atom is -0.379 e. The monoisotopic (exact) mass is 198 g/mol. The molecular formula is C11H22N2O. The summed E-state index contributed by atoms with van der Waals surface area (Å²) in [5.41, 5.74) is 0.895. The molecule has 1 heterocycles. The van der Waals surface area contributed by atoms with Gasteiger partial charge in [-0.15, -0.1) is 0 Å². The number of ether oxygens (including phenoxy) is 1. The first-order valence-electron chi connectivity index (χ1n) is 5.55. The summed E-state index contributed by atoms with van der Waals surface area (Å²) in [4.78, 5) is 2.39. The quantitative estimate of drug-likeness (QED) is 0.683. The molecule has 0 bridgehead atoms. The van der Waals surface area contributed by atoms with Crippen molar-refractivity contribution in [2.24, 2.45) is 5.92 Å². The number of nitrogens with one attached hydrogen (secondary N) is 1. The van der Waals surface area contributed by atoms with Crippen molar-refractivity contribution in [2.75, 3.05) is 32.8 Å². The molecule has 82 valence electrons. The van der Waals surface area contributed by atoms with Crippen LogP contribution in [0.5, 0.6) is 0 Å². The molecule has 0 unspecified atom stereocenters. The van der Waals surface area contributed by atoms with Crippen LogP contribution in [0.4, 0.5) is 0 Å². The van der Waals surface area contributed by atoms with Crippen LogP contribution in [0.2, 0.25) is 0 Å². The minimum absolute atomic E-state index is 0.618. The van der Waals surface area contributed by atoms with E-state index in [-0.39, 0.29) is 0 Å². The number of hydrogen-bond donors (Lipinski definition) is 1. The van der Waals surface area contributed by atoms with E-state index in [1.54, 1.807) is 0 Å². The van der Waals surface area contributed by atoms with Crippen molar-refractivity contribution in [3.05, 3.63) is 0 Å². The predicted molar refractivity (Wildman–Crippen MR) is 59.1 cm³/mol. The Morgan fingerprint density at radius 2 is 2.00 bits per heavy atom. The van der Waals surface area contributed by atoms with E-state index in [2.05, 4.69) is 18.7 Å². The molecule has 0 aromatic rings. The zero-order valence-corrected chi connectivity index (χ0v) is 9.38. The molecule has 1 fully saturated rings. The Bertz CT molecular complexity index is 174. The van der Waals surface area contributed by atoms with Crippen molar-refractivity contribution in [3.8, 4) is 0 Å². The first-order chi connectivity index (χ1) is 6.68. The Kier molecular flexibility index (Phi) is 5.12. The largest absolute Gasteiger partial charge is 0.379 e. The lowest BCUT2D eigenvalue weighted by Gasteiger charge is -2.26. The highest BCUT2D eigenvalue weighted by atomic mass is 16.5. The summed E-state index contributed by atoms with van der Waals surface area (Å²) in [6.07, 6.45) is 1.88. The van der Waals surface area contributed by atoms with E-state index in [0.717, 1.165) is 51.4 Å². The predicted octanol–water partition coefficient (Wildman–Crippen LogP) is 1.77. The van der Waals surface area contributed by atoms with Crippen LogP contribution in [-0.4, -0.2) is 43.5 Å². The fraction of sp³-hybridized carbons (Fsp3) is 0.909. The molecule has 3 heteroatoms. The number of rotatable bonds is 5. The lowest BCUT2D eigenvalue weighted by Crippen LogP contribution is -2.37. The number of nitrogens with zero attached hydrogens (tertiary/aromatic N) is 1. The molecule has 1 saturated heterocycles. The molecule has 14 heavy (non-hydrogen) atoms. The summed E-state index contributed by atoms with van der Waals surface area (Å²) in [7, 11) is 0. The molecule has 0 aromatic carbocycles. The Hall–Kier alpha value is -0.410. The summed E-state index contributed by atoms with van der Waals surface area (Å²) in [5, 5.41) is 7.78. The zero-order chi connectivity index (χ0) is 10.4. The fourth-order valence-corrected chi connectivity index (χ4v) is 1.71. The Balaban J connectivity index is 2.09. The third kappa shape index (κ3) is 4.72. The summed E-state index contributed by atoms with van der Waals surface area (Å²) in [5.74, 6) is 0.618. The minimum atomic E-state index is 0.618. The normalized spacial score (nSPS) is 18.8. The van der Waals surface area contributed by atoms with E-state index in [1.807, 2.05) is 0 Å². The summed E-state index contributed by atoms with van der Waals surface area (Å²) < 4.78 is 5.28. The summed E-state index contributed by atoms with van der Waals surface area (Å²) in [6, 6.07) is 0. The Labute approximate surface area is 86.9 Å². The van der Waals surface area contributed by atoms with Crippen LogP contribution in [0.15, 0.2) is 0 Å². The van der Waals surface area contributed by atoms with Crippen molar-refractivity contribution < 1.29 is 4.74 Å². The van der Waals surface area contributed by atoms with Gasteiger partial charge in [0, 0.05) is 25.3 Å². The molecule has 0 atom stereocenters. The highest BCUT2D eigenvalue weighted by Crippen LogP contribution is 2.05. The van der Waals surface area contributed by atoms with Gasteiger partial charge in [-0.2, -0.15) is 0 Å². The highest BCUT2D eigenvalue weighted by molar-refractivity contribution is 5.81. The van der Waals surface area contributed by atoms with Gasteiger partial charge in [0.2, 0.25) is 0 Å². The maximum absolute atomic E-state index is 7.78. The second-order valence-electron chi connectivity index (χ2n) is 4.41. The molecule has 0 aliphatic carbocycles. The van der Waals surface area contributed by atoms with E-state index in [4.69, 9.17) is 10.1 Å². The van der Waals surface area contributed by atoms with Crippen molar-refractivity contribution in [1.29, 1.82) is 5.41 Å². The average Bonchev–Trinajstić information content (AvgIpc) is 2.15.